The summed E-state index contributed by atoms with van der Waals surface area (Å²) in [6.45, 7) is 2.35. The number of hydrogen-bond donors (Lipinski definition) is 7. The van der Waals surface area contributed by atoms with Crippen molar-refractivity contribution >= 4 is 0 Å². The molecular formula is C21H36O11. The van der Waals surface area contributed by atoms with Gasteiger partial charge in [0.1, 0.15) is 36.1 Å². The van der Waals surface area contributed by atoms with Crippen LogP contribution in [0.4, 0.5) is 0 Å². The second kappa shape index (κ2) is 10.3. The highest BCUT2D eigenvalue weighted by molar-refractivity contribution is 5.08. The van der Waals surface area contributed by atoms with Gasteiger partial charge in [0.15, 0.2) is 12.6 Å². The van der Waals surface area contributed by atoms with Crippen LogP contribution in [0.25, 0.3) is 0 Å². The summed E-state index contributed by atoms with van der Waals surface area (Å²) < 4.78 is 22.3. The van der Waals surface area contributed by atoms with Gasteiger partial charge in [-0.3, -0.25) is 0 Å². The Hall–Kier alpha value is -0.700. The molecule has 9 unspecified atom stereocenters. The zero-order valence-electron chi connectivity index (χ0n) is 18.4. The first-order valence-corrected chi connectivity index (χ1v) is 10.9. The molecule has 3 aliphatic rings. The fourth-order valence-corrected chi connectivity index (χ4v) is 4.34. The highest BCUT2D eigenvalue weighted by Gasteiger charge is 2.50. The molecule has 11 nitrogen and oxygen atoms in total. The van der Waals surface area contributed by atoms with Crippen LogP contribution in [0.5, 0.6) is 0 Å². The fourth-order valence-electron chi connectivity index (χ4n) is 4.34. The van der Waals surface area contributed by atoms with Gasteiger partial charge in [-0.05, 0) is 44.6 Å². The summed E-state index contributed by atoms with van der Waals surface area (Å²) in [6, 6.07) is 0. The van der Waals surface area contributed by atoms with Crippen molar-refractivity contribution < 1.29 is 54.7 Å². The lowest BCUT2D eigenvalue weighted by Gasteiger charge is -2.45. The van der Waals surface area contributed by atoms with Crippen molar-refractivity contribution in [3.05, 3.63) is 11.6 Å². The minimum atomic E-state index is -1.85. The van der Waals surface area contributed by atoms with Crippen molar-refractivity contribution in [3.63, 3.8) is 0 Å². The molecular weight excluding hydrogens is 428 g/mol. The van der Waals surface area contributed by atoms with Crippen LogP contribution in [0.2, 0.25) is 0 Å². The van der Waals surface area contributed by atoms with Crippen molar-refractivity contribution in [2.45, 2.75) is 87.4 Å². The molecule has 0 saturated carbocycles. The van der Waals surface area contributed by atoms with E-state index in [0.29, 0.717) is 6.42 Å². The molecule has 2 saturated heterocycles. The minimum Gasteiger partial charge on any atom is -0.393 e. The van der Waals surface area contributed by atoms with Crippen LogP contribution in [-0.2, 0) is 18.9 Å². The van der Waals surface area contributed by atoms with Crippen molar-refractivity contribution in [1.82, 2.24) is 0 Å². The van der Waals surface area contributed by atoms with Crippen LogP contribution < -0.4 is 0 Å². The van der Waals surface area contributed by atoms with E-state index in [1.807, 2.05) is 19.9 Å². The Morgan fingerprint density at radius 1 is 1.09 bits per heavy atom. The third-order valence-corrected chi connectivity index (χ3v) is 6.78. The zero-order valence-corrected chi connectivity index (χ0v) is 18.4. The first-order valence-electron chi connectivity index (χ1n) is 10.9. The molecule has 11 heteroatoms. The Balaban J connectivity index is 1.61. The monoisotopic (exact) mass is 464 g/mol. The number of hydrogen-bond acceptors (Lipinski definition) is 11. The zero-order chi connectivity index (χ0) is 23.7. The molecule has 0 bridgehead atoms. The van der Waals surface area contributed by atoms with Crippen LogP contribution in [0, 0.1) is 5.92 Å². The van der Waals surface area contributed by atoms with Crippen LogP contribution in [0.1, 0.15) is 33.1 Å². The molecule has 2 aliphatic heterocycles. The minimum absolute atomic E-state index is 0.0271. The van der Waals surface area contributed by atoms with Gasteiger partial charge in [0.2, 0.25) is 0 Å². The lowest BCUT2D eigenvalue weighted by molar-refractivity contribution is -0.334. The van der Waals surface area contributed by atoms with Gasteiger partial charge >= 0.3 is 0 Å². The second-order valence-electron chi connectivity index (χ2n) is 9.45. The molecule has 0 amide bonds. The van der Waals surface area contributed by atoms with Crippen molar-refractivity contribution in [1.29, 1.82) is 0 Å². The van der Waals surface area contributed by atoms with Gasteiger partial charge in [-0.1, -0.05) is 6.08 Å². The number of aliphatic hydroxyl groups excluding tert-OH is 6. The summed E-state index contributed by atoms with van der Waals surface area (Å²) in [5.74, 6) is 0.0884. The van der Waals surface area contributed by atoms with Gasteiger partial charge in [0, 0.05) is 0 Å². The van der Waals surface area contributed by atoms with Crippen molar-refractivity contribution in [2.24, 2.45) is 5.92 Å². The van der Waals surface area contributed by atoms with Gasteiger partial charge in [-0.2, -0.15) is 0 Å². The van der Waals surface area contributed by atoms with Crippen LogP contribution in [-0.4, -0.2) is 116 Å². The lowest BCUT2D eigenvalue weighted by Crippen LogP contribution is -2.61. The summed E-state index contributed by atoms with van der Waals surface area (Å²) in [4.78, 5) is 0. The van der Waals surface area contributed by atoms with E-state index in [4.69, 9.17) is 18.9 Å². The largest absolute Gasteiger partial charge is 0.393 e. The first kappa shape index (κ1) is 25.9. The molecule has 1 aliphatic carbocycles. The molecule has 0 radical (unpaired) electrons. The molecule has 2 fully saturated rings. The molecule has 0 aromatic rings. The van der Waals surface area contributed by atoms with E-state index in [1.165, 1.54) is 0 Å². The Bertz CT molecular complexity index is 656. The Kier molecular flexibility index (Phi) is 8.33. The third kappa shape index (κ3) is 5.34. The Morgan fingerprint density at radius 3 is 2.38 bits per heavy atom. The predicted octanol–water partition coefficient (Wildman–Crippen LogP) is -2.23. The fraction of sp³-hybridized carbons (Fsp3) is 0.905. The summed E-state index contributed by atoms with van der Waals surface area (Å²) in [6.07, 6.45) is -5.50. The first-order chi connectivity index (χ1) is 15.0. The lowest BCUT2D eigenvalue weighted by atomic mass is 9.79. The van der Waals surface area contributed by atoms with E-state index < -0.39 is 60.9 Å². The van der Waals surface area contributed by atoms with E-state index in [2.05, 4.69) is 0 Å². The normalized spacial score (nSPS) is 43.3. The molecule has 186 valence electrons. The molecule has 3 rings (SSSR count). The summed E-state index contributed by atoms with van der Waals surface area (Å²) in [7, 11) is 0. The van der Waals surface area contributed by atoms with Gasteiger partial charge in [-0.25, -0.2) is 0 Å². The maximum Gasteiger partial charge on any atom is 0.187 e. The Labute approximate surface area is 186 Å². The maximum absolute atomic E-state index is 10.4. The smallest absolute Gasteiger partial charge is 0.187 e. The van der Waals surface area contributed by atoms with E-state index in [9.17, 15) is 35.7 Å². The second-order valence-corrected chi connectivity index (χ2v) is 9.45. The highest BCUT2D eigenvalue weighted by Crippen LogP contribution is 2.37. The topological polar surface area (TPSA) is 179 Å². The number of ether oxygens (including phenoxy) is 4. The Morgan fingerprint density at radius 2 is 1.81 bits per heavy atom. The van der Waals surface area contributed by atoms with Crippen molar-refractivity contribution in [2.75, 3.05) is 26.4 Å². The average Bonchev–Trinajstić information content (AvgIpc) is 3.07. The number of allylic oxidation sites excluding steroid dienone is 1. The van der Waals surface area contributed by atoms with E-state index in [-0.39, 0.29) is 25.7 Å². The van der Waals surface area contributed by atoms with E-state index in [1.54, 1.807) is 0 Å². The highest BCUT2D eigenvalue weighted by atomic mass is 16.7. The van der Waals surface area contributed by atoms with Gasteiger partial charge in [-0.15, -0.1) is 0 Å². The van der Waals surface area contributed by atoms with E-state index in [0.717, 1.165) is 18.4 Å². The van der Waals surface area contributed by atoms with Crippen LogP contribution in [0.15, 0.2) is 11.6 Å². The van der Waals surface area contributed by atoms with Gasteiger partial charge < -0.3 is 54.7 Å². The molecule has 9 atom stereocenters. The quantitative estimate of drug-likeness (QED) is 0.193. The molecule has 7 N–H and O–H groups in total. The molecule has 0 aromatic heterocycles. The summed E-state index contributed by atoms with van der Waals surface area (Å²) in [5.41, 5.74) is -1.61. The SMILES string of the molecule is CC(C)(OC1OC(COC2OCC(O)(CO)C2O)C(O)C(O)C1O)C1CC=C(CO)CC1. The summed E-state index contributed by atoms with van der Waals surface area (Å²) >= 11 is 0. The molecule has 0 aromatic carbocycles. The molecule has 0 spiro atoms. The number of rotatable bonds is 8. The number of aliphatic hydroxyl groups is 7. The van der Waals surface area contributed by atoms with Gasteiger partial charge in [0.25, 0.3) is 0 Å². The maximum atomic E-state index is 10.4. The average molecular weight is 465 g/mol. The van der Waals surface area contributed by atoms with E-state index >= 15 is 0 Å². The molecule has 2 heterocycles. The van der Waals surface area contributed by atoms with Gasteiger partial charge in [0.05, 0.1) is 32.0 Å². The standard InChI is InChI=1S/C21H36O11/c1-20(2,12-5-3-11(7-22)4-6-12)32-18-16(26)15(25)14(24)13(31-18)8-29-19-17(27)21(28,9-23)10-30-19/h3,12-19,22-28H,4-10H2,1-2H3. The predicted molar refractivity (Wildman–Crippen MR) is 108 cm³/mol. The summed E-state index contributed by atoms with van der Waals surface area (Å²) in [5, 5.41) is 69.7. The third-order valence-electron chi connectivity index (χ3n) is 6.78. The van der Waals surface area contributed by atoms with Crippen LogP contribution >= 0.6 is 0 Å². The van der Waals surface area contributed by atoms with Crippen molar-refractivity contribution in [3.8, 4) is 0 Å². The molecule has 32 heavy (non-hydrogen) atoms. The van der Waals surface area contributed by atoms with Crippen LogP contribution in [0.3, 0.4) is 0 Å².